The van der Waals surface area contributed by atoms with Gasteiger partial charge in [-0.25, -0.2) is 9.78 Å². The maximum absolute atomic E-state index is 11.8. The number of aromatic nitrogens is 1. The summed E-state index contributed by atoms with van der Waals surface area (Å²) in [7, 11) is 1.52. The number of methoxy groups -OCH3 is 1. The van der Waals surface area contributed by atoms with E-state index in [2.05, 4.69) is 15.0 Å². The highest BCUT2D eigenvalue weighted by Gasteiger charge is 2.29. The molecule has 0 aromatic carbocycles. The average molecular weight is 294 g/mol. The molecule has 1 rings (SSSR count). The Morgan fingerprint density at radius 1 is 1.35 bits per heavy atom. The van der Waals surface area contributed by atoms with Crippen LogP contribution in [0.4, 0.5) is 23.7 Å². The summed E-state index contributed by atoms with van der Waals surface area (Å²) < 4.78 is 49.3. The van der Waals surface area contributed by atoms with Gasteiger partial charge in [0.2, 0.25) is 5.88 Å². The number of halogens is 3. The lowest BCUT2D eigenvalue weighted by Crippen LogP contribution is -2.23. The summed E-state index contributed by atoms with van der Waals surface area (Å²) in [6.07, 6.45) is -4.54. The van der Waals surface area contributed by atoms with Gasteiger partial charge in [-0.3, -0.25) is 5.32 Å². The number of hydrogen-bond acceptors (Lipinski definition) is 5. The largest absolute Gasteiger partial charge is 0.475 e. The van der Waals surface area contributed by atoms with Gasteiger partial charge >= 0.3 is 12.3 Å². The van der Waals surface area contributed by atoms with E-state index in [1.807, 2.05) is 0 Å². The SMILES string of the molecule is COCCOc1ccc(NC(=O)OCC(F)(F)F)cn1. The molecule has 1 aromatic heterocycles. The van der Waals surface area contributed by atoms with Crippen molar-refractivity contribution in [3.63, 3.8) is 0 Å². The van der Waals surface area contributed by atoms with Crippen LogP contribution >= 0.6 is 0 Å². The molecule has 1 heterocycles. The van der Waals surface area contributed by atoms with Gasteiger partial charge in [0, 0.05) is 13.2 Å². The molecular formula is C11H13F3N2O4. The third-order valence-corrected chi connectivity index (χ3v) is 1.89. The van der Waals surface area contributed by atoms with Crippen LogP contribution in [0.25, 0.3) is 0 Å². The van der Waals surface area contributed by atoms with Gasteiger partial charge in [-0.1, -0.05) is 0 Å². The van der Waals surface area contributed by atoms with Gasteiger partial charge in [-0.2, -0.15) is 13.2 Å². The van der Waals surface area contributed by atoms with Crippen molar-refractivity contribution in [3.05, 3.63) is 18.3 Å². The zero-order chi connectivity index (χ0) is 15.0. The lowest BCUT2D eigenvalue weighted by molar-refractivity contribution is -0.159. The van der Waals surface area contributed by atoms with Crippen molar-refractivity contribution in [3.8, 4) is 5.88 Å². The number of rotatable bonds is 6. The van der Waals surface area contributed by atoms with Crippen LogP contribution in [0.5, 0.6) is 5.88 Å². The molecule has 0 saturated carbocycles. The van der Waals surface area contributed by atoms with Gasteiger partial charge in [-0.15, -0.1) is 0 Å². The van der Waals surface area contributed by atoms with Crippen molar-refractivity contribution < 1.29 is 32.2 Å². The average Bonchev–Trinajstić information content (AvgIpc) is 2.38. The number of ether oxygens (including phenoxy) is 3. The third-order valence-electron chi connectivity index (χ3n) is 1.89. The minimum absolute atomic E-state index is 0.191. The maximum atomic E-state index is 11.8. The topological polar surface area (TPSA) is 69.7 Å². The number of alkyl halides is 3. The van der Waals surface area contributed by atoms with E-state index in [0.717, 1.165) is 0 Å². The standard InChI is InChI=1S/C11H13F3N2O4/c1-18-4-5-19-9-3-2-8(6-15-9)16-10(17)20-7-11(12,13)14/h2-3,6H,4-5,7H2,1H3,(H,16,17). The fourth-order valence-corrected chi connectivity index (χ4v) is 1.07. The molecule has 0 unspecified atom stereocenters. The van der Waals surface area contributed by atoms with Crippen LogP contribution in [-0.2, 0) is 9.47 Å². The Morgan fingerprint density at radius 2 is 2.10 bits per heavy atom. The smallest absolute Gasteiger partial charge is 0.422 e. The number of hydrogen-bond donors (Lipinski definition) is 1. The molecule has 112 valence electrons. The molecule has 0 fully saturated rings. The molecule has 1 N–H and O–H groups in total. The number of nitrogens with one attached hydrogen (secondary N) is 1. The normalized spacial score (nSPS) is 11.0. The van der Waals surface area contributed by atoms with E-state index in [-0.39, 0.29) is 5.69 Å². The van der Waals surface area contributed by atoms with Gasteiger partial charge in [0.05, 0.1) is 18.5 Å². The predicted octanol–water partition coefficient (Wildman–Crippen LogP) is 2.22. The molecule has 1 amide bonds. The summed E-state index contributed by atoms with van der Waals surface area (Å²) in [4.78, 5) is 14.9. The third kappa shape index (κ3) is 6.78. The van der Waals surface area contributed by atoms with Crippen molar-refractivity contribution in [1.29, 1.82) is 0 Å². The number of anilines is 1. The molecule has 0 radical (unpaired) electrons. The lowest BCUT2D eigenvalue weighted by atomic mass is 10.4. The molecule has 20 heavy (non-hydrogen) atoms. The van der Waals surface area contributed by atoms with Crippen molar-refractivity contribution in [1.82, 2.24) is 4.98 Å². The summed E-state index contributed by atoms with van der Waals surface area (Å²) in [5, 5.41) is 2.11. The Labute approximate surface area is 112 Å². The molecule has 1 aromatic rings. The van der Waals surface area contributed by atoms with Crippen LogP contribution in [0.1, 0.15) is 0 Å². The molecule has 9 heteroatoms. The van der Waals surface area contributed by atoms with Crippen LogP contribution in [0.3, 0.4) is 0 Å². The minimum atomic E-state index is -4.56. The Kier molecular flexibility index (Phi) is 6.04. The Balaban J connectivity index is 2.39. The number of pyridine rings is 1. The van der Waals surface area contributed by atoms with Gasteiger partial charge in [0.15, 0.2) is 6.61 Å². The quantitative estimate of drug-likeness (QED) is 0.815. The van der Waals surface area contributed by atoms with Gasteiger partial charge in [0.25, 0.3) is 0 Å². The van der Waals surface area contributed by atoms with Crippen LogP contribution in [0.2, 0.25) is 0 Å². The Bertz CT molecular complexity index is 423. The second kappa shape index (κ2) is 7.53. The zero-order valence-corrected chi connectivity index (χ0v) is 10.6. The maximum Gasteiger partial charge on any atom is 0.422 e. The second-order valence-corrected chi connectivity index (χ2v) is 3.54. The molecule has 0 spiro atoms. The van der Waals surface area contributed by atoms with Gasteiger partial charge < -0.3 is 14.2 Å². The second-order valence-electron chi connectivity index (χ2n) is 3.54. The fraction of sp³-hybridized carbons (Fsp3) is 0.455. The summed E-state index contributed by atoms with van der Waals surface area (Å²) in [5.74, 6) is 0.302. The molecule has 6 nitrogen and oxygen atoms in total. The number of carbonyl (C=O) groups is 1. The minimum Gasteiger partial charge on any atom is -0.475 e. The number of amides is 1. The van der Waals surface area contributed by atoms with Crippen molar-refractivity contribution in [2.45, 2.75) is 6.18 Å². The first-order chi connectivity index (χ1) is 9.40. The Hall–Kier alpha value is -2.03. The molecule has 0 aliphatic carbocycles. The summed E-state index contributed by atoms with van der Waals surface area (Å²) in [6, 6.07) is 2.87. The van der Waals surface area contributed by atoms with Gasteiger partial charge in [0.1, 0.15) is 6.61 Å². The monoisotopic (exact) mass is 294 g/mol. The first-order valence-electron chi connectivity index (χ1n) is 5.49. The van der Waals surface area contributed by atoms with Crippen molar-refractivity contribution >= 4 is 11.8 Å². The van der Waals surface area contributed by atoms with E-state index in [1.165, 1.54) is 25.4 Å². The van der Waals surface area contributed by atoms with E-state index in [0.29, 0.717) is 19.1 Å². The number of carbonyl (C=O) groups excluding carboxylic acids is 1. The van der Waals surface area contributed by atoms with Crippen molar-refractivity contribution in [2.75, 3.05) is 32.2 Å². The van der Waals surface area contributed by atoms with E-state index < -0.39 is 18.9 Å². The van der Waals surface area contributed by atoms with Crippen molar-refractivity contribution in [2.24, 2.45) is 0 Å². The van der Waals surface area contributed by atoms with Gasteiger partial charge in [-0.05, 0) is 6.07 Å². The highest BCUT2D eigenvalue weighted by atomic mass is 19.4. The summed E-state index contributed by atoms with van der Waals surface area (Å²) in [6.45, 7) is -0.945. The predicted molar refractivity (Wildman–Crippen MR) is 62.6 cm³/mol. The van der Waals surface area contributed by atoms with Crippen LogP contribution in [-0.4, -0.2) is 44.2 Å². The van der Waals surface area contributed by atoms with E-state index >= 15 is 0 Å². The molecular weight excluding hydrogens is 281 g/mol. The summed E-state index contributed by atoms with van der Waals surface area (Å²) >= 11 is 0. The first-order valence-corrected chi connectivity index (χ1v) is 5.49. The number of nitrogens with zero attached hydrogens (tertiary/aromatic N) is 1. The van der Waals surface area contributed by atoms with E-state index in [1.54, 1.807) is 0 Å². The molecule has 0 atom stereocenters. The highest BCUT2D eigenvalue weighted by molar-refractivity contribution is 5.84. The molecule has 0 aliphatic heterocycles. The molecule has 0 saturated heterocycles. The first kappa shape index (κ1) is 16.0. The van der Waals surface area contributed by atoms with E-state index in [9.17, 15) is 18.0 Å². The lowest BCUT2D eigenvalue weighted by Gasteiger charge is -2.09. The fourth-order valence-electron chi connectivity index (χ4n) is 1.07. The summed E-state index contributed by atoms with van der Waals surface area (Å²) in [5.41, 5.74) is 0.191. The van der Waals surface area contributed by atoms with Crippen LogP contribution < -0.4 is 10.1 Å². The molecule has 0 aliphatic rings. The highest BCUT2D eigenvalue weighted by Crippen LogP contribution is 2.15. The Morgan fingerprint density at radius 3 is 2.65 bits per heavy atom. The van der Waals surface area contributed by atoms with Crippen LogP contribution in [0, 0.1) is 0 Å². The molecule has 0 bridgehead atoms. The van der Waals surface area contributed by atoms with E-state index in [4.69, 9.17) is 9.47 Å². The zero-order valence-electron chi connectivity index (χ0n) is 10.6. The van der Waals surface area contributed by atoms with Crippen LogP contribution in [0.15, 0.2) is 18.3 Å².